The zero-order valence-electron chi connectivity index (χ0n) is 8.98. The van der Waals surface area contributed by atoms with Crippen molar-refractivity contribution in [3.8, 4) is 0 Å². The maximum absolute atomic E-state index is 5.77. The Morgan fingerprint density at radius 3 is 3.00 bits per heavy atom. The van der Waals surface area contributed by atoms with Gasteiger partial charge in [-0.3, -0.25) is 4.98 Å². The van der Waals surface area contributed by atoms with Gasteiger partial charge in [0.05, 0.1) is 0 Å². The maximum atomic E-state index is 5.77. The molecule has 0 radical (unpaired) electrons. The van der Waals surface area contributed by atoms with Gasteiger partial charge in [-0.05, 0) is 36.8 Å². The molecule has 0 saturated carbocycles. The van der Waals surface area contributed by atoms with Crippen LogP contribution in [0, 0.1) is 0 Å². The lowest BCUT2D eigenvalue weighted by Gasteiger charge is -2.07. The molecule has 0 spiro atoms. The molecule has 0 saturated heterocycles. The molecule has 0 aliphatic carbocycles. The van der Waals surface area contributed by atoms with Gasteiger partial charge < -0.3 is 5.73 Å². The Morgan fingerprint density at radius 2 is 2.20 bits per heavy atom. The first-order chi connectivity index (χ1) is 7.27. The van der Waals surface area contributed by atoms with Gasteiger partial charge in [-0.15, -0.1) is 0 Å². The van der Waals surface area contributed by atoms with Crippen LogP contribution in [0.3, 0.4) is 0 Å². The van der Waals surface area contributed by atoms with E-state index in [0.717, 1.165) is 12.8 Å². The molecule has 2 heteroatoms. The number of aromatic nitrogens is 1. The summed E-state index contributed by atoms with van der Waals surface area (Å²) in [6, 6.07) is 8.69. The molecule has 0 aliphatic rings. The van der Waals surface area contributed by atoms with Gasteiger partial charge in [-0.2, -0.15) is 0 Å². The Bertz CT molecular complexity index is 444. The fourth-order valence-corrected chi connectivity index (χ4v) is 1.79. The van der Waals surface area contributed by atoms with Gasteiger partial charge in [0.1, 0.15) is 0 Å². The van der Waals surface area contributed by atoms with Crippen LogP contribution in [0.4, 0.5) is 0 Å². The van der Waals surface area contributed by atoms with Crippen molar-refractivity contribution in [2.24, 2.45) is 5.73 Å². The monoisotopic (exact) mass is 200 g/mol. The molecule has 2 N–H and O–H groups in total. The summed E-state index contributed by atoms with van der Waals surface area (Å²) in [5.41, 5.74) is 7.14. The van der Waals surface area contributed by atoms with Crippen LogP contribution in [0.2, 0.25) is 0 Å². The van der Waals surface area contributed by atoms with Crippen LogP contribution in [0.5, 0.6) is 0 Å². The van der Waals surface area contributed by atoms with Crippen molar-refractivity contribution in [3.05, 3.63) is 42.2 Å². The van der Waals surface area contributed by atoms with Gasteiger partial charge in [0, 0.05) is 23.8 Å². The van der Waals surface area contributed by atoms with Gasteiger partial charge in [-0.25, -0.2) is 0 Å². The maximum Gasteiger partial charge on any atom is 0.0346 e. The zero-order chi connectivity index (χ0) is 10.7. The summed E-state index contributed by atoms with van der Waals surface area (Å²) < 4.78 is 0. The molecule has 0 amide bonds. The van der Waals surface area contributed by atoms with E-state index in [4.69, 9.17) is 5.73 Å². The van der Waals surface area contributed by atoms with E-state index in [1.807, 2.05) is 19.3 Å². The number of benzene rings is 1. The molecule has 1 aromatic carbocycles. The number of nitrogens with zero attached hydrogens (tertiary/aromatic N) is 1. The normalized spacial score (nSPS) is 12.9. The standard InChI is InChI=1S/C13H16N2/c1-10(14)5-6-11-3-2-4-12-9-15-8-7-13(11)12/h2-4,7-10H,5-6,14H2,1H3/t10-/m0/s1. The summed E-state index contributed by atoms with van der Waals surface area (Å²) in [6.45, 7) is 2.05. The number of pyridine rings is 1. The minimum absolute atomic E-state index is 0.266. The molecule has 0 bridgehead atoms. The number of nitrogens with two attached hydrogens (primary N) is 1. The van der Waals surface area contributed by atoms with E-state index in [2.05, 4.69) is 29.2 Å². The summed E-state index contributed by atoms with van der Waals surface area (Å²) in [7, 11) is 0. The van der Waals surface area contributed by atoms with Crippen LogP contribution in [-0.2, 0) is 6.42 Å². The molecule has 0 unspecified atom stereocenters. The smallest absolute Gasteiger partial charge is 0.0346 e. The molecule has 2 aromatic rings. The molecule has 2 nitrogen and oxygen atoms in total. The molecular formula is C13H16N2. The Kier molecular flexibility index (Phi) is 2.97. The zero-order valence-corrected chi connectivity index (χ0v) is 8.98. The molecule has 15 heavy (non-hydrogen) atoms. The summed E-state index contributed by atoms with van der Waals surface area (Å²) >= 11 is 0. The SMILES string of the molecule is C[C@H](N)CCc1cccc2cnccc12. The third-order valence-corrected chi connectivity index (χ3v) is 2.64. The topological polar surface area (TPSA) is 38.9 Å². The first kappa shape index (κ1) is 10.1. The largest absolute Gasteiger partial charge is 0.328 e. The van der Waals surface area contributed by atoms with Crippen molar-refractivity contribution < 1.29 is 0 Å². The van der Waals surface area contributed by atoms with Crippen LogP contribution in [-0.4, -0.2) is 11.0 Å². The fraction of sp³-hybridized carbons (Fsp3) is 0.308. The molecule has 1 heterocycles. The van der Waals surface area contributed by atoms with Crippen LogP contribution in [0.1, 0.15) is 18.9 Å². The summed E-state index contributed by atoms with van der Waals surface area (Å²) in [5.74, 6) is 0. The van der Waals surface area contributed by atoms with E-state index < -0.39 is 0 Å². The highest BCUT2D eigenvalue weighted by molar-refractivity contribution is 5.84. The molecule has 1 atom stereocenters. The van der Waals surface area contributed by atoms with Crippen molar-refractivity contribution in [1.82, 2.24) is 4.98 Å². The van der Waals surface area contributed by atoms with Crippen molar-refractivity contribution in [3.63, 3.8) is 0 Å². The van der Waals surface area contributed by atoms with E-state index >= 15 is 0 Å². The molecule has 0 fully saturated rings. The van der Waals surface area contributed by atoms with Gasteiger partial charge >= 0.3 is 0 Å². The van der Waals surface area contributed by atoms with Crippen molar-refractivity contribution in [2.75, 3.05) is 0 Å². The van der Waals surface area contributed by atoms with E-state index in [1.165, 1.54) is 16.3 Å². The second-order valence-electron chi connectivity index (χ2n) is 4.03. The third-order valence-electron chi connectivity index (χ3n) is 2.64. The molecule has 0 aliphatic heterocycles. The average Bonchev–Trinajstić information content (AvgIpc) is 2.26. The Hall–Kier alpha value is -1.41. The molecule has 2 rings (SSSR count). The molecular weight excluding hydrogens is 184 g/mol. The first-order valence-electron chi connectivity index (χ1n) is 5.34. The summed E-state index contributed by atoms with van der Waals surface area (Å²) in [4.78, 5) is 4.12. The Morgan fingerprint density at radius 1 is 1.33 bits per heavy atom. The lowest BCUT2D eigenvalue weighted by Crippen LogP contribution is -2.15. The number of aryl methyl sites for hydroxylation is 1. The van der Waals surface area contributed by atoms with Crippen molar-refractivity contribution in [1.29, 1.82) is 0 Å². The molecule has 1 aromatic heterocycles. The lowest BCUT2D eigenvalue weighted by molar-refractivity contribution is 0.668. The highest BCUT2D eigenvalue weighted by Gasteiger charge is 2.01. The Balaban J connectivity index is 2.34. The van der Waals surface area contributed by atoms with E-state index in [0.29, 0.717) is 0 Å². The van der Waals surface area contributed by atoms with Crippen LogP contribution in [0.15, 0.2) is 36.7 Å². The lowest BCUT2D eigenvalue weighted by atomic mass is 10.0. The fourth-order valence-electron chi connectivity index (χ4n) is 1.79. The van der Waals surface area contributed by atoms with Gasteiger partial charge in [0.2, 0.25) is 0 Å². The second-order valence-corrected chi connectivity index (χ2v) is 4.03. The van der Waals surface area contributed by atoms with E-state index in [-0.39, 0.29) is 6.04 Å². The second kappa shape index (κ2) is 4.41. The van der Waals surface area contributed by atoms with Crippen LogP contribution < -0.4 is 5.73 Å². The third kappa shape index (κ3) is 2.34. The van der Waals surface area contributed by atoms with Gasteiger partial charge in [0.15, 0.2) is 0 Å². The van der Waals surface area contributed by atoms with E-state index in [9.17, 15) is 0 Å². The summed E-state index contributed by atoms with van der Waals surface area (Å²) in [5, 5.41) is 2.51. The predicted octanol–water partition coefficient (Wildman–Crippen LogP) is 2.51. The van der Waals surface area contributed by atoms with Crippen LogP contribution in [0.25, 0.3) is 10.8 Å². The average molecular weight is 200 g/mol. The predicted molar refractivity (Wildman–Crippen MR) is 63.7 cm³/mol. The van der Waals surface area contributed by atoms with E-state index in [1.54, 1.807) is 0 Å². The van der Waals surface area contributed by atoms with Crippen molar-refractivity contribution in [2.45, 2.75) is 25.8 Å². The van der Waals surface area contributed by atoms with Crippen molar-refractivity contribution >= 4 is 10.8 Å². The highest BCUT2D eigenvalue weighted by atomic mass is 14.6. The number of hydrogen-bond acceptors (Lipinski definition) is 2. The number of hydrogen-bond donors (Lipinski definition) is 1. The number of rotatable bonds is 3. The van der Waals surface area contributed by atoms with Gasteiger partial charge in [0.25, 0.3) is 0 Å². The Labute approximate surface area is 90.1 Å². The first-order valence-corrected chi connectivity index (χ1v) is 5.34. The minimum Gasteiger partial charge on any atom is -0.328 e. The highest BCUT2D eigenvalue weighted by Crippen LogP contribution is 2.18. The minimum atomic E-state index is 0.266. The number of fused-ring (bicyclic) bond motifs is 1. The van der Waals surface area contributed by atoms with Crippen LogP contribution >= 0.6 is 0 Å². The van der Waals surface area contributed by atoms with Gasteiger partial charge in [-0.1, -0.05) is 18.2 Å². The quantitative estimate of drug-likeness (QED) is 0.826. The molecule has 78 valence electrons. The summed E-state index contributed by atoms with van der Waals surface area (Å²) in [6.07, 6.45) is 5.82.